The Labute approximate surface area is 207 Å². The number of para-hydroxylation sites is 2. The molecule has 2 aromatic rings. The molecule has 1 N–H and O–H groups in total. The van der Waals surface area contributed by atoms with Crippen LogP contribution in [0.1, 0.15) is 29.8 Å². The molecule has 0 radical (unpaired) electrons. The Balaban J connectivity index is 1.46. The number of fused-ring (bicyclic) bond motifs is 3. The lowest BCUT2D eigenvalue weighted by molar-refractivity contribution is -0.133. The lowest BCUT2D eigenvalue weighted by Gasteiger charge is -2.35. The molecule has 1 saturated heterocycles. The molecule has 2 aliphatic rings. The Kier molecular flexibility index (Phi) is 8.91. The van der Waals surface area contributed by atoms with Gasteiger partial charge in [-0.1, -0.05) is 18.2 Å². The van der Waals surface area contributed by atoms with E-state index in [9.17, 15) is 9.59 Å². The lowest BCUT2D eigenvalue weighted by Crippen LogP contribution is -2.52. The average molecular weight is 482 g/mol. The summed E-state index contributed by atoms with van der Waals surface area (Å²) in [6, 6.07) is 13.0. The number of rotatable bonds is 5. The summed E-state index contributed by atoms with van der Waals surface area (Å²) in [6.45, 7) is 5.69. The molecule has 2 bridgehead atoms. The summed E-state index contributed by atoms with van der Waals surface area (Å²) in [7, 11) is 1.70. The second-order valence-corrected chi connectivity index (χ2v) is 8.88. The summed E-state index contributed by atoms with van der Waals surface area (Å²) >= 11 is 0. The van der Waals surface area contributed by atoms with E-state index in [1.165, 1.54) is 0 Å². The summed E-state index contributed by atoms with van der Waals surface area (Å²) < 4.78 is 11.1. The van der Waals surface area contributed by atoms with Crippen molar-refractivity contribution in [2.45, 2.75) is 19.3 Å². The molecular formula is C26H35N5O4. The molecule has 1 aromatic carbocycles. The van der Waals surface area contributed by atoms with E-state index in [0.29, 0.717) is 44.4 Å². The summed E-state index contributed by atoms with van der Waals surface area (Å²) in [5, 5.41) is 3.27. The fourth-order valence-electron chi connectivity index (χ4n) is 4.34. The van der Waals surface area contributed by atoms with Crippen molar-refractivity contribution in [2.75, 3.05) is 71.5 Å². The first-order chi connectivity index (χ1) is 17.1. The van der Waals surface area contributed by atoms with Crippen LogP contribution in [0.3, 0.4) is 0 Å². The summed E-state index contributed by atoms with van der Waals surface area (Å²) in [5.74, 6) is 1.08. The van der Waals surface area contributed by atoms with Crippen molar-refractivity contribution in [3.8, 4) is 5.75 Å². The van der Waals surface area contributed by atoms with Crippen LogP contribution in [0.4, 0.5) is 11.5 Å². The van der Waals surface area contributed by atoms with Crippen LogP contribution in [0.25, 0.3) is 0 Å². The second kappa shape index (κ2) is 12.5. The van der Waals surface area contributed by atoms with E-state index < -0.39 is 0 Å². The van der Waals surface area contributed by atoms with Crippen LogP contribution >= 0.6 is 0 Å². The van der Waals surface area contributed by atoms with E-state index in [1.54, 1.807) is 24.1 Å². The minimum Gasteiger partial charge on any atom is -0.491 e. The molecule has 188 valence electrons. The maximum atomic E-state index is 13.4. The van der Waals surface area contributed by atoms with Crippen molar-refractivity contribution < 1.29 is 19.1 Å². The highest BCUT2D eigenvalue weighted by atomic mass is 16.5. The lowest BCUT2D eigenvalue weighted by atomic mass is 10.2. The van der Waals surface area contributed by atoms with E-state index in [4.69, 9.17) is 9.47 Å². The predicted octanol–water partition coefficient (Wildman–Crippen LogP) is 2.62. The van der Waals surface area contributed by atoms with E-state index in [1.807, 2.05) is 35.2 Å². The maximum absolute atomic E-state index is 13.4. The molecule has 0 unspecified atom stereocenters. The molecule has 0 spiro atoms. The molecule has 2 aliphatic heterocycles. The largest absolute Gasteiger partial charge is 0.491 e. The van der Waals surface area contributed by atoms with Crippen LogP contribution in [0.5, 0.6) is 5.75 Å². The first kappa shape index (κ1) is 24.9. The van der Waals surface area contributed by atoms with Gasteiger partial charge in [0, 0.05) is 46.4 Å². The topological polar surface area (TPSA) is 87.2 Å². The van der Waals surface area contributed by atoms with Crippen molar-refractivity contribution in [1.29, 1.82) is 0 Å². The van der Waals surface area contributed by atoms with E-state index in [0.717, 1.165) is 50.3 Å². The molecule has 1 aromatic heterocycles. The van der Waals surface area contributed by atoms with Gasteiger partial charge in [0.05, 0.1) is 18.9 Å². The van der Waals surface area contributed by atoms with Crippen molar-refractivity contribution in [1.82, 2.24) is 19.7 Å². The smallest absolute Gasteiger partial charge is 0.273 e. The van der Waals surface area contributed by atoms with Gasteiger partial charge in [0.1, 0.15) is 23.8 Å². The third-order valence-corrected chi connectivity index (χ3v) is 6.40. The predicted molar refractivity (Wildman–Crippen MR) is 134 cm³/mol. The van der Waals surface area contributed by atoms with Crippen LogP contribution in [0.2, 0.25) is 0 Å². The number of piperazine rings is 1. The normalized spacial score (nSPS) is 17.7. The van der Waals surface area contributed by atoms with Crippen molar-refractivity contribution in [2.24, 2.45) is 0 Å². The molecule has 9 heteroatoms. The third kappa shape index (κ3) is 6.93. The molecule has 1 fully saturated rings. The highest BCUT2D eigenvalue weighted by molar-refractivity contribution is 5.95. The number of benzene rings is 1. The third-order valence-electron chi connectivity index (χ3n) is 6.40. The van der Waals surface area contributed by atoms with E-state index in [2.05, 4.69) is 15.2 Å². The zero-order valence-corrected chi connectivity index (χ0v) is 20.4. The van der Waals surface area contributed by atoms with Gasteiger partial charge >= 0.3 is 0 Å². The standard InChI is InChI=1S/C26H35N5O4/c1-34-19-17-29-13-15-30(16-14-29)25(32)20-31-12-5-2-6-18-35-23-10-4-3-8-21(23)27-24-11-7-9-22(28-24)26(31)33/h3-4,7-11H,2,5-6,12-20H2,1H3,(H,27,28). The minimum atomic E-state index is -0.220. The molecule has 3 heterocycles. The van der Waals surface area contributed by atoms with Gasteiger partial charge in [0.25, 0.3) is 5.91 Å². The number of ether oxygens (including phenoxy) is 2. The molecule has 0 aliphatic carbocycles. The number of hydrogen-bond donors (Lipinski definition) is 1. The first-order valence-electron chi connectivity index (χ1n) is 12.4. The molecular weight excluding hydrogens is 446 g/mol. The van der Waals surface area contributed by atoms with Crippen LogP contribution < -0.4 is 10.1 Å². The van der Waals surface area contributed by atoms with Gasteiger partial charge < -0.3 is 24.6 Å². The van der Waals surface area contributed by atoms with E-state index >= 15 is 0 Å². The second-order valence-electron chi connectivity index (χ2n) is 8.88. The Morgan fingerprint density at radius 2 is 1.86 bits per heavy atom. The number of aromatic nitrogens is 1. The van der Waals surface area contributed by atoms with Crippen molar-refractivity contribution in [3.05, 3.63) is 48.2 Å². The number of anilines is 2. The Morgan fingerprint density at radius 3 is 2.69 bits per heavy atom. The monoisotopic (exact) mass is 481 g/mol. The Bertz CT molecular complexity index is 993. The fraction of sp³-hybridized carbons (Fsp3) is 0.500. The summed E-state index contributed by atoms with van der Waals surface area (Å²) in [6.07, 6.45) is 2.57. The highest BCUT2D eigenvalue weighted by Crippen LogP contribution is 2.27. The van der Waals surface area contributed by atoms with Gasteiger partial charge in [-0.2, -0.15) is 0 Å². The number of pyridine rings is 1. The zero-order valence-electron chi connectivity index (χ0n) is 20.4. The SMILES string of the molecule is COCCN1CCN(C(=O)CN2CCCCCOc3ccccc3Nc3cccc(n3)C2=O)CC1. The number of hydrogen-bond acceptors (Lipinski definition) is 7. The Hall–Kier alpha value is -3.17. The average Bonchev–Trinajstić information content (AvgIpc) is 2.89. The number of methoxy groups -OCH3 is 1. The fourth-order valence-corrected chi connectivity index (χ4v) is 4.34. The molecule has 4 rings (SSSR count). The Morgan fingerprint density at radius 1 is 1.03 bits per heavy atom. The van der Waals surface area contributed by atoms with Gasteiger partial charge in [-0.15, -0.1) is 0 Å². The molecule has 2 amide bonds. The van der Waals surface area contributed by atoms with Crippen LogP contribution in [-0.4, -0.2) is 97.6 Å². The number of carbonyl (C=O) groups excluding carboxylic acids is 2. The van der Waals surface area contributed by atoms with Crippen LogP contribution in [0, 0.1) is 0 Å². The van der Waals surface area contributed by atoms with Crippen molar-refractivity contribution >= 4 is 23.3 Å². The van der Waals surface area contributed by atoms with Crippen LogP contribution in [-0.2, 0) is 9.53 Å². The van der Waals surface area contributed by atoms with Crippen LogP contribution in [0.15, 0.2) is 42.5 Å². The van der Waals surface area contributed by atoms with E-state index in [-0.39, 0.29) is 18.4 Å². The molecule has 35 heavy (non-hydrogen) atoms. The summed E-state index contributed by atoms with van der Waals surface area (Å²) in [5.41, 5.74) is 1.13. The zero-order chi connectivity index (χ0) is 24.5. The van der Waals surface area contributed by atoms with Crippen molar-refractivity contribution in [3.63, 3.8) is 0 Å². The molecule has 0 saturated carbocycles. The van der Waals surface area contributed by atoms with Gasteiger partial charge in [-0.3, -0.25) is 14.5 Å². The quantitative estimate of drug-likeness (QED) is 0.703. The number of nitrogens with zero attached hydrogens (tertiary/aromatic N) is 4. The minimum absolute atomic E-state index is 0.0163. The summed E-state index contributed by atoms with van der Waals surface area (Å²) in [4.78, 5) is 36.9. The number of amides is 2. The highest BCUT2D eigenvalue weighted by Gasteiger charge is 2.26. The molecule has 9 nitrogen and oxygen atoms in total. The first-order valence-corrected chi connectivity index (χ1v) is 12.4. The number of carbonyl (C=O) groups is 2. The molecule has 0 atom stereocenters. The number of nitrogens with one attached hydrogen (secondary N) is 1. The van der Waals surface area contributed by atoms with Gasteiger partial charge in [-0.25, -0.2) is 4.98 Å². The van der Waals surface area contributed by atoms with Gasteiger partial charge in [-0.05, 0) is 43.5 Å². The van der Waals surface area contributed by atoms with Gasteiger partial charge in [0.15, 0.2) is 0 Å². The maximum Gasteiger partial charge on any atom is 0.273 e. The van der Waals surface area contributed by atoms with Gasteiger partial charge in [0.2, 0.25) is 5.91 Å².